The van der Waals surface area contributed by atoms with Crippen molar-refractivity contribution in [3.05, 3.63) is 60.1 Å². The number of carbonyl (C=O) groups excluding carboxylic acids is 1. The number of likely N-dealkylation sites (tertiary alicyclic amines) is 1. The number of hydrogen-bond donors (Lipinski definition) is 0. The lowest BCUT2D eigenvalue weighted by Gasteiger charge is -2.28. The van der Waals surface area contributed by atoms with E-state index in [0.717, 1.165) is 37.3 Å². The van der Waals surface area contributed by atoms with Crippen molar-refractivity contribution in [1.29, 1.82) is 0 Å². The summed E-state index contributed by atoms with van der Waals surface area (Å²) < 4.78 is 5.57. The molecule has 1 aliphatic rings. The first-order chi connectivity index (χ1) is 10.3. The van der Waals surface area contributed by atoms with Crippen molar-refractivity contribution in [1.82, 2.24) is 4.90 Å². The van der Waals surface area contributed by atoms with Gasteiger partial charge in [0.1, 0.15) is 5.76 Å². The van der Waals surface area contributed by atoms with Crippen LogP contribution in [0.1, 0.15) is 42.9 Å². The van der Waals surface area contributed by atoms with Gasteiger partial charge in [-0.25, -0.2) is 0 Å². The molecule has 1 amide bonds. The second kappa shape index (κ2) is 6.61. The Labute approximate surface area is 125 Å². The van der Waals surface area contributed by atoms with E-state index < -0.39 is 0 Å². The molecule has 1 aromatic heterocycles. The molecular weight excluding hydrogens is 262 g/mol. The Bertz CT molecular complexity index is 556. The molecule has 0 bridgehead atoms. The fourth-order valence-corrected chi connectivity index (χ4v) is 3.00. The Morgan fingerprint density at radius 2 is 1.81 bits per heavy atom. The predicted octanol–water partition coefficient (Wildman–Crippen LogP) is 3.81. The summed E-state index contributed by atoms with van der Waals surface area (Å²) in [7, 11) is 0. The van der Waals surface area contributed by atoms with Crippen molar-refractivity contribution in [2.45, 2.75) is 31.6 Å². The van der Waals surface area contributed by atoms with Crippen molar-refractivity contribution in [2.75, 3.05) is 13.1 Å². The molecular formula is C18H21NO2. The molecule has 3 rings (SSSR count). The van der Waals surface area contributed by atoms with Crippen molar-refractivity contribution < 1.29 is 9.21 Å². The summed E-state index contributed by atoms with van der Waals surface area (Å²) in [5, 5.41) is 0. The molecule has 1 aromatic carbocycles. The van der Waals surface area contributed by atoms with Crippen molar-refractivity contribution >= 4 is 5.91 Å². The molecule has 2 aromatic rings. The minimum absolute atomic E-state index is 0.00984. The highest BCUT2D eigenvalue weighted by atomic mass is 16.3. The van der Waals surface area contributed by atoms with E-state index in [1.807, 2.05) is 35.2 Å². The molecule has 3 nitrogen and oxygen atoms in total. The fraction of sp³-hybridized carbons (Fsp3) is 0.389. The second-order valence-corrected chi connectivity index (χ2v) is 5.62. The molecule has 21 heavy (non-hydrogen) atoms. The third-order valence-electron chi connectivity index (χ3n) is 4.18. The normalized spacial score (nSPS) is 16.7. The molecule has 1 aliphatic heterocycles. The standard InChI is InChI=1S/C18H21NO2/c20-18(19-11-5-2-6-12-19)14-16(17-10-7-13-21-17)15-8-3-1-4-9-15/h1,3-4,7-10,13,16H,2,5-6,11-12,14H2/t16-/m0/s1. The first-order valence-corrected chi connectivity index (χ1v) is 7.71. The number of rotatable bonds is 4. The van der Waals surface area contributed by atoms with Gasteiger partial charge in [-0.3, -0.25) is 4.79 Å². The molecule has 1 atom stereocenters. The summed E-state index contributed by atoms with van der Waals surface area (Å²) >= 11 is 0. The third kappa shape index (κ3) is 3.35. The lowest BCUT2D eigenvalue weighted by Crippen LogP contribution is -2.36. The number of nitrogens with zero attached hydrogens (tertiary/aromatic N) is 1. The van der Waals surface area contributed by atoms with Crippen LogP contribution in [0.15, 0.2) is 53.1 Å². The number of hydrogen-bond acceptors (Lipinski definition) is 2. The molecule has 110 valence electrons. The average molecular weight is 283 g/mol. The Balaban J connectivity index is 1.78. The first-order valence-electron chi connectivity index (χ1n) is 7.71. The van der Waals surface area contributed by atoms with Gasteiger partial charge in [0.2, 0.25) is 5.91 Å². The number of benzene rings is 1. The zero-order valence-corrected chi connectivity index (χ0v) is 12.2. The van der Waals surface area contributed by atoms with Crippen LogP contribution in [-0.4, -0.2) is 23.9 Å². The highest BCUT2D eigenvalue weighted by Gasteiger charge is 2.24. The molecule has 1 saturated heterocycles. The molecule has 0 aliphatic carbocycles. The summed E-state index contributed by atoms with van der Waals surface area (Å²) in [4.78, 5) is 14.6. The quantitative estimate of drug-likeness (QED) is 0.854. The number of carbonyl (C=O) groups is 1. The van der Waals surface area contributed by atoms with Crippen LogP contribution in [0, 0.1) is 0 Å². The molecule has 3 heteroatoms. The van der Waals surface area contributed by atoms with Crippen molar-refractivity contribution in [3.63, 3.8) is 0 Å². The highest BCUT2D eigenvalue weighted by molar-refractivity contribution is 5.77. The van der Waals surface area contributed by atoms with Crippen LogP contribution >= 0.6 is 0 Å². The first kappa shape index (κ1) is 13.9. The zero-order valence-electron chi connectivity index (χ0n) is 12.2. The smallest absolute Gasteiger partial charge is 0.223 e. The van der Waals surface area contributed by atoms with Crippen LogP contribution in [0.25, 0.3) is 0 Å². The predicted molar refractivity (Wildman–Crippen MR) is 82.0 cm³/mol. The molecule has 0 radical (unpaired) electrons. The minimum atomic E-state index is 0.00984. The van der Waals surface area contributed by atoms with Crippen LogP contribution in [0.3, 0.4) is 0 Å². The summed E-state index contributed by atoms with van der Waals surface area (Å²) in [6.45, 7) is 1.80. The van der Waals surface area contributed by atoms with Crippen LogP contribution in [-0.2, 0) is 4.79 Å². The Morgan fingerprint density at radius 1 is 1.05 bits per heavy atom. The highest BCUT2D eigenvalue weighted by Crippen LogP contribution is 2.29. The van der Waals surface area contributed by atoms with Crippen LogP contribution < -0.4 is 0 Å². The maximum Gasteiger partial charge on any atom is 0.223 e. The van der Waals surface area contributed by atoms with Gasteiger partial charge >= 0.3 is 0 Å². The van der Waals surface area contributed by atoms with Gasteiger partial charge in [-0.1, -0.05) is 30.3 Å². The van der Waals surface area contributed by atoms with E-state index in [0.29, 0.717) is 6.42 Å². The maximum atomic E-state index is 12.6. The summed E-state index contributed by atoms with van der Waals surface area (Å²) in [6, 6.07) is 14.0. The average Bonchev–Trinajstić information content (AvgIpc) is 3.08. The second-order valence-electron chi connectivity index (χ2n) is 5.62. The zero-order chi connectivity index (χ0) is 14.5. The molecule has 0 saturated carbocycles. The van der Waals surface area contributed by atoms with E-state index in [9.17, 15) is 4.79 Å². The van der Waals surface area contributed by atoms with Gasteiger partial charge in [-0.2, -0.15) is 0 Å². The number of amides is 1. The van der Waals surface area contributed by atoms with Crippen molar-refractivity contribution in [2.24, 2.45) is 0 Å². The van der Waals surface area contributed by atoms with E-state index in [-0.39, 0.29) is 11.8 Å². The minimum Gasteiger partial charge on any atom is -0.469 e. The van der Waals surface area contributed by atoms with Crippen molar-refractivity contribution in [3.8, 4) is 0 Å². The summed E-state index contributed by atoms with van der Waals surface area (Å²) in [5.41, 5.74) is 1.14. The van der Waals surface area contributed by atoms with Gasteiger partial charge in [-0.05, 0) is 37.0 Å². The van der Waals surface area contributed by atoms with Gasteiger partial charge in [0, 0.05) is 19.5 Å². The van der Waals surface area contributed by atoms with E-state index in [4.69, 9.17) is 4.42 Å². The van der Waals surface area contributed by atoms with E-state index in [1.54, 1.807) is 6.26 Å². The van der Waals surface area contributed by atoms with Gasteiger partial charge in [0.25, 0.3) is 0 Å². The Morgan fingerprint density at radius 3 is 2.48 bits per heavy atom. The monoisotopic (exact) mass is 283 g/mol. The molecule has 2 heterocycles. The van der Waals surface area contributed by atoms with Gasteiger partial charge in [0.15, 0.2) is 0 Å². The summed E-state index contributed by atoms with van der Waals surface area (Å²) in [5.74, 6) is 1.11. The third-order valence-corrected chi connectivity index (χ3v) is 4.18. The topological polar surface area (TPSA) is 33.5 Å². The number of furan rings is 1. The molecule has 0 unspecified atom stereocenters. The lowest BCUT2D eigenvalue weighted by molar-refractivity contribution is -0.132. The summed E-state index contributed by atoms with van der Waals surface area (Å²) in [6.07, 6.45) is 5.66. The van der Waals surface area contributed by atoms with Gasteiger partial charge in [-0.15, -0.1) is 0 Å². The van der Waals surface area contributed by atoms with Crippen LogP contribution in [0.5, 0.6) is 0 Å². The lowest BCUT2D eigenvalue weighted by atomic mass is 9.92. The Hall–Kier alpha value is -2.03. The SMILES string of the molecule is O=C(C[C@@H](c1ccccc1)c1ccco1)N1CCCCC1. The van der Waals surface area contributed by atoms with Gasteiger partial charge in [0.05, 0.1) is 12.2 Å². The van der Waals surface area contributed by atoms with E-state index in [2.05, 4.69) is 12.1 Å². The maximum absolute atomic E-state index is 12.6. The Kier molecular flexibility index (Phi) is 4.39. The molecule has 1 fully saturated rings. The fourth-order valence-electron chi connectivity index (χ4n) is 3.00. The van der Waals surface area contributed by atoms with E-state index >= 15 is 0 Å². The largest absolute Gasteiger partial charge is 0.469 e. The van der Waals surface area contributed by atoms with E-state index in [1.165, 1.54) is 6.42 Å². The number of piperidine rings is 1. The van der Waals surface area contributed by atoms with Gasteiger partial charge < -0.3 is 9.32 Å². The van der Waals surface area contributed by atoms with Crippen LogP contribution in [0.2, 0.25) is 0 Å². The van der Waals surface area contributed by atoms with Crippen LogP contribution in [0.4, 0.5) is 0 Å². The molecule has 0 N–H and O–H groups in total. The molecule has 0 spiro atoms.